The SMILES string of the molecule is CC(C)(C)OC(=O)N1CCC(O)(c2ccccc2Sc2ccc(Cl)cc2F)CC1. The number of carbonyl (C=O) groups is 1. The molecule has 0 spiro atoms. The molecule has 0 bridgehead atoms. The Kier molecular flexibility index (Phi) is 6.46. The number of carbonyl (C=O) groups excluding carboxylic acids is 1. The van der Waals surface area contributed by atoms with Gasteiger partial charge in [0.15, 0.2) is 0 Å². The number of rotatable bonds is 3. The van der Waals surface area contributed by atoms with Crippen LogP contribution in [0.25, 0.3) is 0 Å². The molecule has 0 atom stereocenters. The first-order chi connectivity index (χ1) is 13.6. The average Bonchev–Trinajstić information content (AvgIpc) is 2.63. The normalized spacial score (nSPS) is 16.6. The van der Waals surface area contributed by atoms with Crippen LogP contribution in [0.1, 0.15) is 39.2 Å². The van der Waals surface area contributed by atoms with Crippen molar-refractivity contribution in [1.29, 1.82) is 0 Å². The molecule has 1 saturated heterocycles. The van der Waals surface area contributed by atoms with Crippen LogP contribution in [0.5, 0.6) is 0 Å². The van der Waals surface area contributed by atoms with Crippen molar-refractivity contribution >= 4 is 29.5 Å². The maximum atomic E-state index is 14.3. The Bertz CT molecular complexity index is 892. The quantitative estimate of drug-likeness (QED) is 0.654. The number of hydrogen-bond acceptors (Lipinski definition) is 4. The van der Waals surface area contributed by atoms with E-state index in [0.717, 1.165) is 10.5 Å². The lowest BCUT2D eigenvalue weighted by Gasteiger charge is -2.39. The first-order valence-electron chi connectivity index (χ1n) is 9.50. The highest BCUT2D eigenvalue weighted by atomic mass is 35.5. The van der Waals surface area contributed by atoms with Crippen LogP contribution in [0.15, 0.2) is 52.3 Å². The molecular formula is C22H25ClFNO3S. The second-order valence-corrected chi connectivity index (χ2v) is 9.69. The fourth-order valence-electron chi connectivity index (χ4n) is 3.27. The number of ether oxygens (including phenoxy) is 1. The van der Waals surface area contributed by atoms with Crippen molar-refractivity contribution in [3.05, 3.63) is 58.9 Å². The summed E-state index contributed by atoms with van der Waals surface area (Å²) in [6.07, 6.45) is 0.394. The fraction of sp³-hybridized carbons (Fsp3) is 0.409. The van der Waals surface area contributed by atoms with Crippen LogP contribution < -0.4 is 0 Å². The molecule has 3 rings (SSSR count). The lowest BCUT2D eigenvalue weighted by molar-refractivity contribution is -0.0371. The number of hydrogen-bond donors (Lipinski definition) is 1. The Labute approximate surface area is 180 Å². The van der Waals surface area contributed by atoms with Crippen LogP contribution in [0.4, 0.5) is 9.18 Å². The Hall–Kier alpha value is -1.76. The molecule has 1 aliphatic rings. The number of likely N-dealkylation sites (tertiary alicyclic amines) is 1. The van der Waals surface area contributed by atoms with Gasteiger partial charge in [-0.05, 0) is 63.4 Å². The molecule has 4 nitrogen and oxygen atoms in total. The van der Waals surface area contributed by atoms with Crippen LogP contribution in [0, 0.1) is 5.82 Å². The average molecular weight is 438 g/mol. The van der Waals surface area contributed by atoms with Crippen molar-refractivity contribution < 1.29 is 19.0 Å². The van der Waals surface area contributed by atoms with E-state index >= 15 is 0 Å². The first-order valence-corrected chi connectivity index (χ1v) is 10.7. The second-order valence-electron chi connectivity index (χ2n) is 8.17. The number of amides is 1. The van der Waals surface area contributed by atoms with Crippen LogP contribution in [-0.4, -0.2) is 34.8 Å². The van der Waals surface area contributed by atoms with E-state index in [0.29, 0.717) is 35.8 Å². The largest absolute Gasteiger partial charge is 0.444 e. The molecule has 1 aliphatic heterocycles. The van der Waals surface area contributed by atoms with Gasteiger partial charge in [-0.3, -0.25) is 0 Å². The summed E-state index contributed by atoms with van der Waals surface area (Å²) < 4.78 is 19.7. The minimum Gasteiger partial charge on any atom is -0.444 e. The zero-order chi connectivity index (χ0) is 21.2. The third kappa shape index (κ3) is 5.44. The van der Waals surface area contributed by atoms with E-state index in [4.69, 9.17) is 16.3 Å². The van der Waals surface area contributed by atoms with Gasteiger partial charge in [0.25, 0.3) is 0 Å². The van der Waals surface area contributed by atoms with Gasteiger partial charge in [-0.25, -0.2) is 9.18 Å². The van der Waals surface area contributed by atoms with E-state index in [1.807, 2.05) is 45.0 Å². The molecule has 0 radical (unpaired) electrons. The molecule has 2 aromatic rings. The summed E-state index contributed by atoms with van der Waals surface area (Å²) in [5, 5.41) is 11.7. The lowest BCUT2D eigenvalue weighted by Crippen LogP contribution is -2.47. The number of piperidine rings is 1. The maximum absolute atomic E-state index is 14.3. The highest BCUT2D eigenvalue weighted by Gasteiger charge is 2.38. The fourth-order valence-corrected chi connectivity index (χ4v) is 4.47. The Morgan fingerprint density at radius 1 is 1.17 bits per heavy atom. The molecule has 29 heavy (non-hydrogen) atoms. The van der Waals surface area contributed by atoms with Crippen molar-refractivity contribution in [3.63, 3.8) is 0 Å². The standard InChI is InChI=1S/C22H25ClFNO3S/c1-21(2,3)28-20(26)25-12-10-22(27,11-13-25)16-6-4-5-7-18(16)29-19-9-8-15(23)14-17(19)24/h4-9,14,27H,10-13H2,1-3H3. The van der Waals surface area contributed by atoms with Crippen molar-refractivity contribution in [2.24, 2.45) is 0 Å². The van der Waals surface area contributed by atoms with E-state index in [2.05, 4.69) is 0 Å². The highest BCUT2D eigenvalue weighted by Crippen LogP contribution is 2.41. The van der Waals surface area contributed by atoms with Gasteiger partial charge in [-0.1, -0.05) is 41.6 Å². The van der Waals surface area contributed by atoms with Gasteiger partial charge in [0, 0.05) is 27.9 Å². The lowest BCUT2D eigenvalue weighted by atomic mass is 9.84. The third-order valence-corrected chi connectivity index (χ3v) is 6.11. The van der Waals surface area contributed by atoms with E-state index in [-0.39, 0.29) is 6.09 Å². The summed E-state index contributed by atoms with van der Waals surface area (Å²) in [7, 11) is 0. The van der Waals surface area contributed by atoms with Crippen LogP contribution >= 0.6 is 23.4 Å². The molecular weight excluding hydrogens is 413 g/mol. The zero-order valence-corrected chi connectivity index (χ0v) is 18.3. The molecule has 0 aromatic heterocycles. The van der Waals surface area contributed by atoms with E-state index in [1.165, 1.54) is 17.8 Å². The molecule has 2 aromatic carbocycles. The van der Waals surface area contributed by atoms with Crippen LogP contribution in [-0.2, 0) is 10.3 Å². The molecule has 1 N–H and O–H groups in total. The number of aliphatic hydroxyl groups is 1. The summed E-state index contributed by atoms with van der Waals surface area (Å²) in [5.74, 6) is -0.399. The summed E-state index contributed by atoms with van der Waals surface area (Å²) in [6, 6.07) is 12.0. The molecule has 156 valence electrons. The van der Waals surface area contributed by atoms with Crippen LogP contribution in [0.2, 0.25) is 5.02 Å². The maximum Gasteiger partial charge on any atom is 0.410 e. The van der Waals surface area contributed by atoms with E-state index < -0.39 is 17.0 Å². The van der Waals surface area contributed by atoms with E-state index in [1.54, 1.807) is 17.0 Å². The molecule has 0 unspecified atom stereocenters. The topological polar surface area (TPSA) is 49.8 Å². The predicted octanol–water partition coefficient (Wildman–Crippen LogP) is 5.85. The molecule has 0 saturated carbocycles. The monoisotopic (exact) mass is 437 g/mol. The van der Waals surface area contributed by atoms with Crippen molar-refractivity contribution in [2.75, 3.05) is 13.1 Å². The summed E-state index contributed by atoms with van der Waals surface area (Å²) in [5.41, 5.74) is -0.912. The first kappa shape index (κ1) is 21.9. The van der Waals surface area contributed by atoms with Gasteiger partial charge in [0.1, 0.15) is 11.4 Å². The molecule has 0 aliphatic carbocycles. The number of halogens is 2. The minimum atomic E-state index is -1.09. The van der Waals surface area contributed by atoms with Crippen molar-refractivity contribution in [1.82, 2.24) is 4.90 Å². The van der Waals surface area contributed by atoms with Crippen LogP contribution in [0.3, 0.4) is 0 Å². The Morgan fingerprint density at radius 2 is 1.83 bits per heavy atom. The molecule has 7 heteroatoms. The number of nitrogens with zero attached hydrogens (tertiary/aromatic N) is 1. The molecule has 1 heterocycles. The van der Waals surface area contributed by atoms with Gasteiger partial charge >= 0.3 is 6.09 Å². The molecule has 1 fully saturated rings. The van der Waals surface area contributed by atoms with Crippen molar-refractivity contribution in [2.45, 2.75) is 54.6 Å². The third-order valence-electron chi connectivity index (χ3n) is 4.74. The van der Waals surface area contributed by atoms with Gasteiger partial charge < -0.3 is 14.7 Å². The zero-order valence-electron chi connectivity index (χ0n) is 16.7. The second kappa shape index (κ2) is 8.54. The Morgan fingerprint density at radius 3 is 2.45 bits per heavy atom. The minimum absolute atomic E-state index is 0.341. The smallest absolute Gasteiger partial charge is 0.410 e. The van der Waals surface area contributed by atoms with Gasteiger partial charge in [-0.2, -0.15) is 0 Å². The predicted molar refractivity (Wildman–Crippen MR) is 113 cm³/mol. The Balaban J connectivity index is 1.77. The number of benzene rings is 2. The summed E-state index contributed by atoms with van der Waals surface area (Å²) in [6.45, 7) is 6.26. The van der Waals surface area contributed by atoms with Gasteiger partial charge in [0.05, 0.1) is 5.60 Å². The van der Waals surface area contributed by atoms with E-state index in [9.17, 15) is 14.3 Å². The van der Waals surface area contributed by atoms with Crippen molar-refractivity contribution in [3.8, 4) is 0 Å². The van der Waals surface area contributed by atoms with Gasteiger partial charge in [-0.15, -0.1) is 0 Å². The molecule has 1 amide bonds. The summed E-state index contributed by atoms with van der Waals surface area (Å²) >= 11 is 7.10. The van der Waals surface area contributed by atoms with Gasteiger partial charge in [0.2, 0.25) is 0 Å². The highest BCUT2D eigenvalue weighted by molar-refractivity contribution is 7.99. The summed E-state index contributed by atoms with van der Waals surface area (Å²) in [4.78, 5) is 15.1.